The van der Waals surface area contributed by atoms with Crippen molar-refractivity contribution in [3.63, 3.8) is 0 Å². The minimum atomic E-state index is 0.0384. The highest BCUT2D eigenvalue weighted by molar-refractivity contribution is 5.84. The second-order valence-electron chi connectivity index (χ2n) is 7.51. The van der Waals surface area contributed by atoms with E-state index in [1.54, 1.807) is 0 Å². The van der Waals surface area contributed by atoms with Crippen LogP contribution in [0.15, 0.2) is 24.4 Å². The van der Waals surface area contributed by atoms with E-state index in [1.165, 1.54) is 0 Å². The molecule has 0 saturated carbocycles. The Bertz CT molecular complexity index is 940. The molecule has 0 aromatic carbocycles. The van der Waals surface area contributed by atoms with Gasteiger partial charge in [0.1, 0.15) is 0 Å². The maximum Gasteiger partial charge on any atom is 0.0917 e. The van der Waals surface area contributed by atoms with Gasteiger partial charge in [0, 0.05) is 23.1 Å². The van der Waals surface area contributed by atoms with Crippen molar-refractivity contribution in [3.8, 4) is 11.3 Å². The van der Waals surface area contributed by atoms with E-state index in [2.05, 4.69) is 63.6 Å². The molecule has 3 rings (SSSR count). The minimum absolute atomic E-state index is 0.0384. The highest BCUT2D eigenvalue weighted by Crippen LogP contribution is 2.31. The van der Waals surface area contributed by atoms with E-state index < -0.39 is 0 Å². The summed E-state index contributed by atoms with van der Waals surface area (Å²) in [5, 5.41) is 9.55. The molecule has 0 radical (unpaired) electrons. The molecule has 3 aromatic rings. The summed E-state index contributed by atoms with van der Waals surface area (Å²) in [6.45, 7) is 12.8. The molecule has 138 valence electrons. The molecule has 0 aliphatic carbocycles. The topological polar surface area (TPSA) is 50.9 Å². The third kappa shape index (κ3) is 3.14. The van der Waals surface area contributed by atoms with Gasteiger partial charge in [-0.3, -0.25) is 4.98 Å². The lowest BCUT2D eigenvalue weighted by Gasteiger charge is -2.15. The Labute approximate surface area is 155 Å². The van der Waals surface area contributed by atoms with Crippen molar-refractivity contribution in [3.05, 3.63) is 46.9 Å². The summed E-state index contributed by atoms with van der Waals surface area (Å²) in [5.41, 5.74) is 8.71. The maximum atomic E-state index is 9.55. The Balaban J connectivity index is 2.21. The zero-order valence-electron chi connectivity index (χ0n) is 16.7. The third-order valence-electron chi connectivity index (χ3n) is 5.09. The fourth-order valence-corrected chi connectivity index (χ4v) is 3.48. The van der Waals surface area contributed by atoms with Crippen LogP contribution in [0.1, 0.15) is 62.2 Å². The molecule has 1 unspecified atom stereocenters. The van der Waals surface area contributed by atoms with Crippen molar-refractivity contribution in [1.29, 1.82) is 0 Å². The Morgan fingerprint density at radius 2 is 1.81 bits per heavy atom. The number of aliphatic hydroxyl groups is 1. The van der Waals surface area contributed by atoms with E-state index in [-0.39, 0.29) is 12.6 Å². The molecule has 0 aliphatic rings. The highest BCUT2D eigenvalue weighted by atomic mass is 16.3. The maximum absolute atomic E-state index is 9.55. The number of aromatic nitrogens is 3. The fraction of sp³-hybridized carbons (Fsp3) is 0.455. The Morgan fingerprint density at radius 3 is 2.42 bits per heavy atom. The summed E-state index contributed by atoms with van der Waals surface area (Å²) in [6.07, 6.45) is 2.97. The second kappa shape index (κ2) is 7.20. The van der Waals surface area contributed by atoms with Crippen LogP contribution in [0, 0.1) is 13.8 Å². The normalized spacial score (nSPS) is 12.9. The van der Waals surface area contributed by atoms with Gasteiger partial charge in [-0.1, -0.05) is 20.8 Å². The average molecular weight is 351 g/mol. The molecule has 0 spiro atoms. The van der Waals surface area contributed by atoms with Crippen LogP contribution in [0.5, 0.6) is 0 Å². The number of rotatable bonds is 5. The van der Waals surface area contributed by atoms with Crippen molar-refractivity contribution in [2.75, 3.05) is 6.61 Å². The first-order chi connectivity index (χ1) is 12.4. The van der Waals surface area contributed by atoms with Crippen LogP contribution in [0.25, 0.3) is 22.3 Å². The van der Waals surface area contributed by atoms with Gasteiger partial charge in [-0.05, 0) is 62.4 Å². The first-order valence-corrected chi connectivity index (χ1v) is 9.47. The molecule has 1 atom stereocenters. The quantitative estimate of drug-likeness (QED) is 0.707. The van der Waals surface area contributed by atoms with Gasteiger partial charge in [0.05, 0.1) is 29.4 Å². The van der Waals surface area contributed by atoms with Gasteiger partial charge in [-0.25, -0.2) is 4.98 Å². The average Bonchev–Trinajstić information content (AvgIpc) is 2.95. The lowest BCUT2D eigenvalue weighted by molar-refractivity contribution is 0.241. The standard InChI is InChI=1S/C22H29N3O/c1-7-18-17(8-9-19(23-18)13(2)3)21-14(4)10-20-22(24-21)15(5)11-25(20)16(6)12-26/h8-11,13,16,26H,7,12H2,1-6H3. The molecule has 26 heavy (non-hydrogen) atoms. The van der Waals surface area contributed by atoms with Crippen LogP contribution in [0.4, 0.5) is 0 Å². The van der Waals surface area contributed by atoms with E-state index in [1.807, 2.05) is 6.92 Å². The van der Waals surface area contributed by atoms with E-state index in [0.717, 1.165) is 51.2 Å². The van der Waals surface area contributed by atoms with E-state index in [9.17, 15) is 5.11 Å². The molecule has 0 bridgehead atoms. The number of nitrogens with zero attached hydrogens (tertiary/aromatic N) is 3. The highest BCUT2D eigenvalue weighted by Gasteiger charge is 2.17. The van der Waals surface area contributed by atoms with Crippen LogP contribution >= 0.6 is 0 Å². The smallest absolute Gasteiger partial charge is 0.0917 e. The predicted octanol–water partition coefficient (Wildman–Crippen LogP) is 4.95. The first-order valence-electron chi connectivity index (χ1n) is 9.47. The molecule has 3 heterocycles. The monoisotopic (exact) mass is 351 g/mol. The third-order valence-corrected chi connectivity index (χ3v) is 5.09. The number of fused-ring (bicyclic) bond motifs is 1. The number of aliphatic hydroxyl groups excluding tert-OH is 1. The van der Waals surface area contributed by atoms with Gasteiger partial charge in [0.2, 0.25) is 0 Å². The number of hydrogen-bond donors (Lipinski definition) is 1. The van der Waals surface area contributed by atoms with Crippen molar-refractivity contribution in [2.24, 2.45) is 0 Å². The van der Waals surface area contributed by atoms with Crippen molar-refractivity contribution in [1.82, 2.24) is 14.5 Å². The van der Waals surface area contributed by atoms with E-state index in [0.29, 0.717) is 5.92 Å². The Morgan fingerprint density at radius 1 is 1.08 bits per heavy atom. The van der Waals surface area contributed by atoms with Crippen LogP contribution in [-0.4, -0.2) is 26.2 Å². The first kappa shape index (κ1) is 18.6. The summed E-state index contributed by atoms with van der Waals surface area (Å²) >= 11 is 0. The molecule has 3 aromatic heterocycles. The van der Waals surface area contributed by atoms with E-state index in [4.69, 9.17) is 9.97 Å². The molecule has 0 saturated heterocycles. The number of aryl methyl sites for hydroxylation is 3. The molecule has 4 nitrogen and oxygen atoms in total. The van der Waals surface area contributed by atoms with Gasteiger partial charge in [-0.2, -0.15) is 0 Å². The number of pyridine rings is 2. The van der Waals surface area contributed by atoms with Gasteiger partial charge >= 0.3 is 0 Å². The summed E-state index contributed by atoms with van der Waals surface area (Å²) in [6, 6.07) is 6.52. The summed E-state index contributed by atoms with van der Waals surface area (Å²) in [7, 11) is 0. The fourth-order valence-electron chi connectivity index (χ4n) is 3.48. The molecular formula is C22H29N3O. The molecule has 0 aliphatic heterocycles. The van der Waals surface area contributed by atoms with Crippen LogP contribution in [0.3, 0.4) is 0 Å². The largest absolute Gasteiger partial charge is 0.394 e. The lowest BCUT2D eigenvalue weighted by atomic mass is 10.0. The van der Waals surface area contributed by atoms with E-state index >= 15 is 0 Å². The zero-order valence-corrected chi connectivity index (χ0v) is 16.7. The molecule has 4 heteroatoms. The Hall–Kier alpha value is -2.20. The summed E-state index contributed by atoms with van der Waals surface area (Å²) in [5.74, 6) is 0.419. The van der Waals surface area contributed by atoms with Crippen molar-refractivity contribution in [2.45, 2.75) is 59.9 Å². The van der Waals surface area contributed by atoms with Gasteiger partial charge in [0.15, 0.2) is 0 Å². The molecule has 1 N–H and O–H groups in total. The van der Waals surface area contributed by atoms with Crippen molar-refractivity contribution < 1.29 is 5.11 Å². The minimum Gasteiger partial charge on any atom is -0.394 e. The molecular weight excluding hydrogens is 322 g/mol. The van der Waals surface area contributed by atoms with Crippen LogP contribution in [0.2, 0.25) is 0 Å². The summed E-state index contributed by atoms with van der Waals surface area (Å²) < 4.78 is 2.12. The predicted molar refractivity (Wildman–Crippen MR) is 108 cm³/mol. The zero-order chi connectivity index (χ0) is 19.0. The number of hydrogen-bond acceptors (Lipinski definition) is 3. The van der Waals surface area contributed by atoms with Gasteiger partial charge in [0.25, 0.3) is 0 Å². The SMILES string of the molecule is CCc1nc(C(C)C)ccc1-c1nc2c(C)cn(C(C)CO)c2cc1C. The molecule has 0 amide bonds. The summed E-state index contributed by atoms with van der Waals surface area (Å²) in [4.78, 5) is 9.90. The van der Waals surface area contributed by atoms with Gasteiger partial charge in [-0.15, -0.1) is 0 Å². The van der Waals surface area contributed by atoms with Crippen LogP contribution in [-0.2, 0) is 6.42 Å². The molecule has 0 fully saturated rings. The second-order valence-corrected chi connectivity index (χ2v) is 7.51. The van der Waals surface area contributed by atoms with Crippen LogP contribution < -0.4 is 0 Å². The van der Waals surface area contributed by atoms with Gasteiger partial charge < -0.3 is 9.67 Å². The van der Waals surface area contributed by atoms with Crippen molar-refractivity contribution >= 4 is 11.0 Å². The Kier molecular flexibility index (Phi) is 5.15. The lowest BCUT2D eigenvalue weighted by Crippen LogP contribution is -2.08.